The molecule has 0 saturated carbocycles. The van der Waals surface area contributed by atoms with Crippen LogP contribution in [-0.2, 0) is 10.0 Å². The lowest BCUT2D eigenvalue weighted by atomic mass is 10.2. The van der Waals surface area contributed by atoms with Gasteiger partial charge in [-0.25, -0.2) is 8.42 Å². The molecule has 5 nitrogen and oxygen atoms in total. The highest BCUT2D eigenvalue weighted by Crippen LogP contribution is 2.25. The topological polar surface area (TPSA) is 66.5 Å². The number of hydrogen-bond acceptors (Lipinski definition) is 4. The van der Waals surface area contributed by atoms with Crippen LogP contribution in [0.4, 0.5) is 0 Å². The van der Waals surface area contributed by atoms with Crippen molar-refractivity contribution in [3.05, 3.63) is 16.3 Å². The molecule has 0 radical (unpaired) electrons. The van der Waals surface area contributed by atoms with Crippen molar-refractivity contribution >= 4 is 27.3 Å². The largest absolute Gasteiger partial charge is 0.349 e. The highest BCUT2D eigenvalue weighted by atomic mass is 32.2. The molecule has 1 N–H and O–H groups in total. The lowest BCUT2D eigenvalue weighted by Crippen LogP contribution is -2.32. The van der Waals surface area contributed by atoms with E-state index in [9.17, 15) is 13.2 Å². The summed E-state index contributed by atoms with van der Waals surface area (Å²) in [6, 6.07) is 1.59. The van der Waals surface area contributed by atoms with E-state index in [0.29, 0.717) is 18.0 Å². The zero-order valence-corrected chi connectivity index (χ0v) is 14.8. The minimum Gasteiger partial charge on any atom is -0.349 e. The minimum atomic E-state index is -3.47. The second-order valence-electron chi connectivity index (χ2n) is 5.75. The maximum atomic E-state index is 12.7. The van der Waals surface area contributed by atoms with E-state index in [1.807, 2.05) is 13.8 Å². The van der Waals surface area contributed by atoms with E-state index in [1.165, 1.54) is 17.4 Å². The van der Waals surface area contributed by atoms with E-state index < -0.39 is 10.0 Å². The Morgan fingerprint density at radius 1 is 1.32 bits per heavy atom. The van der Waals surface area contributed by atoms with Crippen molar-refractivity contribution in [1.29, 1.82) is 0 Å². The van der Waals surface area contributed by atoms with Gasteiger partial charge in [-0.05, 0) is 32.3 Å². The van der Waals surface area contributed by atoms with Gasteiger partial charge < -0.3 is 5.32 Å². The van der Waals surface area contributed by atoms with Crippen molar-refractivity contribution in [3.63, 3.8) is 0 Å². The molecular formula is C15H24N2O3S2. The molecular weight excluding hydrogens is 320 g/mol. The van der Waals surface area contributed by atoms with Crippen LogP contribution in [-0.4, -0.2) is 37.8 Å². The number of thiophene rings is 1. The highest BCUT2D eigenvalue weighted by molar-refractivity contribution is 7.89. The quantitative estimate of drug-likeness (QED) is 0.893. The molecule has 1 atom stereocenters. The zero-order chi connectivity index (χ0) is 16.2. The Labute approximate surface area is 136 Å². The van der Waals surface area contributed by atoms with Crippen LogP contribution in [0.5, 0.6) is 0 Å². The van der Waals surface area contributed by atoms with Gasteiger partial charge in [-0.2, -0.15) is 4.31 Å². The number of amides is 1. The van der Waals surface area contributed by atoms with E-state index >= 15 is 0 Å². The van der Waals surface area contributed by atoms with Gasteiger partial charge in [0, 0.05) is 24.5 Å². The first-order valence-corrected chi connectivity index (χ1v) is 10.2. The molecule has 1 aromatic heterocycles. The van der Waals surface area contributed by atoms with E-state index in [1.54, 1.807) is 9.69 Å². The van der Waals surface area contributed by atoms with Crippen molar-refractivity contribution in [2.75, 3.05) is 13.1 Å². The summed E-state index contributed by atoms with van der Waals surface area (Å²) in [4.78, 5) is 12.8. The van der Waals surface area contributed by atoms with Gasteiger partial charge in [-0.3, -0.25) is 4.79 Å². The Bertz CT molecular complexity index is 602. The predicted molar refractivity (Wildman–Crippen MR) is 88.8 cm³/mol. The summed E-state index contributed by atoms with van der Waals surface area (Å²) in [5.74, 6) is -0.198. The summed E-state index contributed by atoms with van der Waals surface area (Å²) in [7, 11) is -3.47. The molecule has 22 heavy (non-hydrogen) atoms. The van der Waals surface area contributed by atoms with Crippen LogP contribution in [0.2, 0.25) is 0 Å². The van der Waals surface area contributed by atoms with Crippen molar-refractivity contribution in [1.82, 2.24) is 9.62 Å². The molecule has 1 aliphatic heterocycles. The fraction of sp³-hybridized carbons (Fsp3) is 0.667. The van der Waals surface area contributed by atoms with Gasteiger partial charge >= 0.3 is 0 Å². The first-order chi connectivity index (χ1) is 10.4. The van der Waals surface area contributed by atoms with E-state index in [4.69, 9.17) is 0 Å². The Hall–Kier alpha value is -0.920. The van der Waals surface area contributed by atoms with Crippen LogP contribution in [0, 0.1) is 0 Å². The summed E-state index contributed by atoms with van der Waals surface area (Å²) in [6.07, 6.45) is 4.82. The summed E-state index contributed by atoms with van der Waals surface area (Å²) in [5, 5.41) is 4.44. The average molecular weight is 345 g/mol. The van der Waals surface area contributed by atoms with Gasteiger partial charge in [0.15, 0.2) is 0 Å². The third-order valence-corrected chi connectivity index (χ3v) is 6.95. The minimum absolute atomic E-state index is 0.0836. The number of carbonyl (C=O) groups is 1. The first-order valence-electron chi connectivity index (χ1n) is 7.84. The molecule has 2 rings (SSSR count). The van der Waals surface area contributed by atoms with Crippen molar-refractivity contribution in [3.8, 4) is 0 Å². The molecule has 1 saturated heterocycles. The van der Waals surface area contributed by atoms with E-state index in [2.05, 4.69) is 5.32 Å². The van der Waals surface area contributed by atoms with Gasteiger partial charge in [0.2, 0.25) is 10.0 Å². The second-order valence-corrected chi connectivity index (χ2v) is 8.60. The molecule has 0 spiro atoms. The van der Waals surface area contributed by atoms with Gasteiger partial charge in [-0.15, -0.1) is 11.3 Å². The molecule has 2 heterocycles. The van der Waals surface area contributed by atoms with Crippen LogP contribution in [0.15, 0.2) is 16.3 Å². The number of sulfonamides is 1. The molecule has 1 aliphatic rings. The van der Waals surface area contributed by atoms with Crippen molar-refractivity contribution < 1.29 is 13.2 Å². The van der Waals surface area contributed by atoms with Gasteiger partial charge in [0.1, 0.15) is 0 Å². The second kappa shape index (κ2) is 7.57. The molecule has 0 aliphatic carbocycles. The van der Waals surface area contributed by atoms with Crippen molar-refractivity contribution in [2.45, 2.75) is 56.9 Å². The van der Waals surface area contributed by atoms with Crippen LogP contribution in [0.3, 0.4) is 0 Å². The molecule has 0 unspecified atom stereocenters. The van der Waals surface area contributed by atoms with E-state index in [-0.39, 0.29) is 16.8 Å². The van der Waals surface area contributed by atoms with Crippen LogP contribution >= 0.6 is 11.3 Å². The number of nitrogens with one attached hydrogen (secondary N) is 1. The summed E-state index contributed by atoms with van der Waals surface area (Å²) in [5.41, 5.74) is 0. The lowest BCUT2D eigenvalue weighted by molar-refractivity contribution is 0.0943. The molecule has 1 amide bonds. The fourth-order valence-corrected chi connectivity index (χ4v) is 5.08. The standard InChI is InChI=1S/C15H24N2O3S2/c1-3-12(2)16-15(18)14-10-13(11-21-14)22(19,20)17-8-6-4-5-7-9-17/h10-12H,3-9H2,1-2H3,(H,16,18)/t12-/m1/s1. The Morgan fingerprint density at radius 3 is 2.55 bits per heavy atom. The molecule has 1 fully saturated rings. The number of rotatable bonds is 5. The number of carbonyl (C=O) groups excluding carboxylic acids is 1. The van der Waals surface area contributed by atoms with E-state index in [0.717, 1.165) is 32.1 Å². The normalized spacial score (nSPS) is 18.6. The summed E-state index contributed by atoms with van der Waals surface area (Å²) in [6.45, 7) is 5.08. The summed E-state index contributed by atoms with van der Waals surface area (Å²) < 4.78 is 26.9. The smallest absolute Gasteiger partial charge is 0.261 e. The molecule has 1 aromatic rings. The van der Waals surface area contributed by atoms with Crippen LogP contribution < -0.4 is 5.32 Å². The lowest BCUT2D eigenvalue weighted by Gasteiger charge is -2.18. The van der Waals surface area contributed by atoms with Gasteiger partial charge in [0.25, 0.3) is 5.91 Å². The molecule has 124 valence electrons. The molecule has 0 bridgehead atoms. The van der Waals surface area contributed by atoms with Gasteiger partial charge in [0.05, 0.1) is 9.77 Å². The third-order valence-electron chi connectivity index (χ3n) is 3.99. The van der Waals surface area contributed by atoms with Crippen LogP contribution in [0.1, 0.15) is 55.6 Å². The fourth-order valence-electron chi connectivity index (χ4n) is 2.40. The average Bonchev–Trinajstić information content (AvgIpc) is 2.83. The number of nitrogens with zero attached hydrogens (tertiary/aromatic N) is 1. The Kier molecular flexibility index (Phi) is 6.00. The van der Waals surface area contributed by atoms with Crippen LogP contribution in [0.25, 0.3) is 0 Å². The predicted octanol–water partition coefficient (Wildman–Crippen LogP) is 2.84. The zero-order valence-electron chi connectivity index (χ0n) is 13.2. The Balaban J connectivity index is 2.14. The third kappa shape index (κ3) is 4.08. The molecule has 0 aromatic carbocycles. The SMILES string of the molecule is CC[C@@H](C)NC(=O)c1cc(S(=O)(=O)N2CCCCCC2)cs1. The summed E-state index contributed by atoms with van der Waals surface area (Å²) >= 11 is 1.19. The first kappa shape index (κ1) is 17.4. The van der Waals surface area contributed by atoms with Gasteiger partial charge in [-0.1, -0.05) is 19.8 Å². The van der Waals surface area contributed by atoms with Crippen molar-refractivity contribution in [2.24, 2.45) is 0 Å². The molecule has 7 heteroatoms. The maximum absolute atomic E-state index is 12.7. The highest BCUT2D eigenvalue weighted by Gasteiger charge is 2.27. The monoisotopic (exact) mass is 344 g/mol. The Morgan fingerprint density at radius 2 is 1.95 bits per heavy atom. The number of hydrogen-bond donors (Lipinski definition) is 1. The maximum Gasteiger partial charge on any atom is 0.261 e.